The molecular weight excluding hydrogens is 196 g/mol. The molecule has 0 aliphatic rings. The lowest BCUT2D eigenvalue weighted by atomic mass is 10.2. The second-order valence-corrected chi connectivity index (χ2v) is 2.82. The number of hydrogen-bond donors (Lipinski definition) is 2. The summed E-state index contributed by atoms with van der Waals surface area (Å²) in [5.41, 5.74) is 0.202. The molecule has 1 rings (SSSR count). The Hall–Kier alpha value is -2.16. The van der Waals surface area contributed by atoms with Gasteiger partial charge >= 0.3 is 5.97 Å². The summed E-state index contributed by atoms with van der Waals surface area (Å²) >= 11 is 0. The number of carbonyl (C=O) groups is 1. The van der Waals surface area contributed by atoms with Crippen LogP contribution in [0.15, 0.2) is 12.3 Å². The van der Waals surface area contributed by atoms with Crippen molar-refractivity contribution >= 4 is 11.9 Å². The van der Waals surface area contributed by atoms with Crippen LogP contribution in [0.1, 0.15) is 19.0 Å². The van der Waals surface area contributed by atoms with Crippen LogP contribution in [0.4, 0.5) is 5.95 Å². The number of nitrogens with zero attached hydrogens (tertiary/aromatic N) is 3. The number of rotatable bonds is 4. The fourth-order valence-corrected chi connectivity index (χ4v) is 0.985. The molecule has 1 atom stereocenters. The molecule has 0 fully saturated rings. The minimum Gasteiger partial charge on any atom is -0.480 e. The number of aliphatic carboxylic acids is 1. The predicted molar refractivity (Wildman–Crippen MR) is 52.1 cm³/mol. The molecule has 0 radical (unpaired) electrons. The van der Waals surface area contributed by atoms with Gasteiger partial charge in [-0.3, -0.25) is 0 Å². The number of carboxylic acid groups (broad SMARTS) is 1. The zero-order valence-electron chi connectivity index (χ0n) is 8.14. The quantitative estimate of drug-likeness (QED) is 0.749. The number of anilines is 1. The zero-order chi connectivity index (χ0) is 11.3. The molecule has 1 aromatic heterocycles. The highest BCUT2D eigenvalue weighted by Crippen LogP contribution is 2.03. The van der Waals surface area contributed by atoms with Gasteiger partial charge in [-0.1, -0.05) is 6.92 Å². The maximum Gasteiger partial charge on any atom is 0.326 e. The zero-order valence-corrected chi connectivity index (χ0v) is 8.14. The first kappa shape index (κ1) is 10.9. The van der Waals surface area contributed by atoms with Crippen LogP contribution in [-0.2, 0) is 4.79 Å². The van der Waals surface area contributed by atoms with Gasteiger partial charge in [-0.25, -0.2) is 14.8 Å². The lowest BCUT2D eigenvalue weighted by Gasteiger charge is -2.11. The summed E-state index contributed by atoms with van der Waals surface area (Å²) in [6.07, 6.45) is 1.82. The molecule has 0 aliphatic carbocycles. The van der Waals surface area contributed by atoms with E-state index in [1.807, 2.05) is 6.07 Å². The van der Waals surface area contributed by atoms with Crippen LogP contribution in [0, 0.1) is 11.3 Å². The average molecular weight is 206 g/mol. The van der Waals surface area contributed by atoms with Crippen molar-refractivity contribution in [2.45, 2.75) is 19.4 Å². The Balaban J connectivity index is 2.80. The molecule has 6 heteroatoms. The lowest BCUT2D eigenvalue weighted by Crippen LogP contribution is -2.29. The van der Waals surface area contributed by atoms with E-state index in [1.54, 1.807) is 6.92 Å². The minimum absolute atomic E-state index is 0.156. The van der Waals surface area contributed by atoms with E-state index in [1.165, 1.54) is 12.3 Å². The minimum atomic E-state index is -0.969. The van der Waals surface area contributed by atoms with Crippen molar-refractivity contribution < 1.29 is 9.90 Å². The summed E-state index contributed by atoms with van der Waals surface area (Å²) in [6.45, 7) is 1.74. The summed E-state index contributed by atoms with van der Waals surface area (Å²) in [6, 6.07) is 2.56. The molecule has 6 nitrogen and oxygen atoms in total. The Morgan fingerprint density at radius 2 is 2.53 bits per heavy atom. The molecule has 1 aromatic rings. The topological polar surface area (TPSA) is 98.9 Å². The van der Waals surface area contributed by atoms with E-state index >= 15 is 0 Å². The maximum absolute atomic E-state index is 10.7. The molecule has 0 saturated heterocycles. The molecule has 0 aromatic carbocycles. The van der Waals surface area contributed by atoms with E-state index in [-0.39, 0.29) is 11.6 Å². The molecule has 0 saturated carbocycles. The summed E-state index contributed by atoms with van der Waals surface area (Å²) in [7, 11) is 0. The molecule has 0 aliphatic heterocycles. The summed E-state index contributed by atoms with van der Waals surface area (Å²) < 4.78 is 0. The monoisotopic (exact) mass is 206 g/mol. The van der Waals surface area contributed by atoms with Gasteiger partial charge in [0.05, 0.1) is 0 Å². The third kappa shape index (κ3) is 2.91. The normalized spacial score (nSPS) is 11.5. The molecule has 0 amide bonds. The van der Waals surface area contributed by atoms with Gasteiger partial charge in [0.15, 0.2) is 0 Å². The number of nitriles is 1. The van der Waals surface area contributed by atoms with Gasteiger partial charge in [-0.15, -0.1) is 0 Å². The molecule has 78 valence electrons. The average Bonchev–Trinajstić information content (AvgIpc) is 2.25. The van der Waals surface area contributed by atoms with Crippen LogP contribution < -0.4 is 5.32 Å². The third-order valence-electron chi connectivity index (χ3n) is 1.78. The fourth-order valence-electron chi connectivity index (χ4n) is 0.985. The second-order valence-electron chi connectivity index (χ2n) is 2.82. The Morgan fingerprint density at radius 1 is 1.80 bits per heavy atom. The van der Waals surface area contributed by atoms with Gasteiger partial charge in [-0.05, 0) is 12.5 Å². The first-order chi connectivity index (χ1) is 7.17. The van der Waals surface area contributed by atoms with Crippen molar-refractivity contribution in [2.75, 3.05) is 5.32 Å². The smallest absolute Gasteiger partial charge is 0.326 e. The van der Waals surface area contributed by atoms with Crippen LogP contribution >= 0.6 is 0 Å². The molecule has 1 heterocycles. The van der Waals surface area contributed by atoms with Gasteiger partial charge in [0.2, 0.25) is 5.95 Å². The van der Waals surface area contributed by atoms with E-state index in [4.69, 9.17) is 10.4 Å². The number of nitrogens with one attached hydrogen (secondary N) is 1. The fraction of sp³-hybridized carbons (Fsp3) is 0.333. The third-order valence-corrected chi connectivity index (χ3v) is 1.78. The van der Waals surface area contributed by atoms with Crippen LogP contribution in [0.2, 0.25) is 0 Å². The largest absolute Gasteiger partial charge is 0.480 e. The summed E-state index contributed by atoms with van der Waals surface area (Å²) in [5.74, 6) is -0.813. The first-order valence-corrected chi connectivity index (χ1v) is 4.40. The van der Waals surface area contributed by atoms with E-state index in [2.05, 4.69) is 15.3 Å². The molecule has 2 N–H and O–H groups in total. The molecule has 1 unspecified atom stereocenters. The first-order valence-electron chi connectivity index (χ1n) is 4.40. The molecule has 0 spiro atoms. The summed E-state index contributed by atoms with van der Waals surface area (Å²) in [4.78, 5) is 18.3. The van der Waals surface area contributed by atoms with Crippen LogP contribution in [0.5, 0.6) is 0 Å². The standard InChI is InChI=1S/C9H10N4O2/c1-2-7(8(14)15)13-9-11-4-3-6(5-10)12-9/h3-4,7H,2H2,1H3,(H,14,15)(H,11,12,13). The highest BCUT2D eigenvalue weighted by Gasteiger charge is 2.15. The van der Waals surface area contributed by atoms with Crippen LogP contribution in [0.25, 0.3) is 0 Å². The Labute approximate surface area is 86.6 Å². The van der Waals surface area contributed by atoms with Crippen molar-refractivity contribution in [1.29, 1.82) is 5.26 Å². The molecular formula is C9H10N4O2. The maximum atomic E-state index is 10.7. The van der Waals surface area contributed by atoms with Crippen molar-refractivity contribution in [1.82, 2.24) is 9.97 Å². The van der Waals surface area contributed by atoms with Crippen molar-refractivity contribution in [3.8, 4) is 6.07 Å². The van der Waals surface area contributed by atoms with Gasteiger partial charge in [0, 0.05) is 6.20 Å². The van der Waals surface area contributed by atoms with E-state index in [9.17, 15) is 4.79 Å². The highest BCUT2D eigenvalue weighted by atomic mass is 16.4. The van der Waals surface area contributed by atoms with Gasteiger partial charge < -0.3 is 10.4 Å². The molecule has 15 heavy (non-hydrogen) atoms. The van der Waals surface area contributed by atoms with E-state index in [0.717, 1.165) is 0 Å². The second kappa shape index (κ2) is 4.91. The van der Waals surface area contributed by atoms with Crippen LogP contribution in [0.3, 0.4) is 0 Å². The number of hydrogen-bond acceptors (Lipinski definition) is 5. The van der Waals surface area contributed by atoms with Crippen LogP contribution in [-0.4, -0.2) is 27.1 Å². The number of carboxylic acids is 1. The van der Waals surface area contributed by atoms with Gasteiger partial charge in [-0.2, -0.15) is 5.26 Å². The van der Waals surface area contributed by atoms with Gasteiger partial charge in [0.1, 0.15) is 17.8 Å². The Kier molecular flexibility index (Phi) is 3.57. The van der Waals surface area contributed by atoms with E-state index in [0.29, 0.717) is 6.42 Å². The summed E-state index contributed by atoms with van der Waals surface area (Å²) in [5, 5.41) is 20.0. The van der Waals surface area contributed by atoms with Crippen molar-refractivity contribution in [3.05, 3.63) is 18.0 Å². The Morgan fingerprint density at radius 3 is 3.07 bits per heavy atom. The number of aromatic nitrogens is 2. The molecule has 0 bridgehead atoms. The highest BCUT2D eigenvalue weighted by molar-refractivity contribution is 5.76. The van der Waals surface area contributed by atoms with E-state index < -0.39 is 12.0 Å². The SMILES string of the molecule is CCC(Nc1nccc(C#N)n1)C(=O)O. The lowest BCUT2D eigenvalue weighted by molar-refractivity contribution is -0.137. The van der Waals surface area contributed by atoms with Gasteiger partial charge in [0.25, 0.3) is 0 Å². The predicted octanol–water partition coefficient (Wildman–Crippen LogP) is 0.623. The van der Waals surface area contributed by atoms with Crippen molar-refractivity contribution in [3.63, 3.8) is 0 Å². The van der Waals surface area contributed by atoms with Crippen molar-refractivity contribution in [2.24, 2.45) is 0 Å². The Bertz CT molecular complexity index is 399.